The van der Waals surface area contributed by atoms with E-state index in [2.05, 4.69) is 5.32 Å². The third kappa shape index (κ3) is 5.97. The standard InChI is InChI=1S/C20H25NO5/c1-4-26-18-9-8-15(11-19(18)24-3)12-21-20(22)14-25-13-16-6-5-7-17(10-16)23-2/h5-11H,4,12-14H2,1-3H3,(H,21,22). The van der Waals surface area contributed by atoms with Gasteiger partial charge in [0.25, 0.3) is 0 Å². The Hall–Kier alpha value is -2.73. The summed E-state index contributed by atoms with van der Waals surface area (Å²) in [6.45, 7) is 3.22. The molecule has 0 aliphatic heterocycles. The summed E-state index contributed by atoms with van der Waals surface area (Å²) in [5.41, 5.74) is 1.87. The molecule has 2 aromatic carbocycles. The summed E-state index contributed by atoms with van der Waals surface area (Å²) in [5.74, 6) is 1.92. The summed E-state index contributed by atoms with van der Waals surface area (Å²) in [5, 5.41) is 2.83. The lowest BCUT2D eigenvalue weighted by Gasteiger charge is -2.12. The largest absolute Gasteiger partial charge is 0.497 e. The van der Waals surface area contributed by atoms with Crippen LogP contribution in [0.1, 0.15) is 18.1 Å². The lowest BCUT2D eigenvalue weighted by molar-refractivity contribution is -0.126. The Balaban J connectivity index is 1.77. The quantitative estimate of drug-likeness (QED) is 0.706. The first-order chi connectivity index (χ1) is 12.7. The fourth-order valence-corrected chi connectivity index (χ4v) is 2.37. The molecule has 0 atom stereocenters. The van der Waals surface area contributed by atoms with Gasteiger partial charge in [-0.05, 0) is 42.3 Å². The number of ether oxygens (including phenoxy) is 4. The highest BCUT2D eigenvalue weighted by Crippen LogP contribution is 2.27. The van der Waals surface area contributed by atoms with Crippen LogP contribution in [0.2, 0.25) is 0 Å². The number of rotatable bonds is 10. The number of hydrogen-bond donors (Lipinski definition) is 1. The molecule has 2 aromatic rings. The van der Waals surface area contributed by atoms with E-state index >= 15 is 0 Å². The van der Waals surface area contributed by atoms with Crippen molar-refractivity contribution in [3.05, 3.63) is 53.6 Å². The Morgan fingerprint density at radius 3 is 2.58 bits per heavy atom. The van der Waals surface area contributed by atoms with Crippen LogP contribution < -0.4 is 19.5 Å². The maximum absolute atomic E-state index is 11.9. The second-order valence-corrected chi connectivity index (χ2v) is 5.54. The highest BCUT2D eigenvalue weighted by atomic mass is 16.5. The second-order valence-electron chi connectivity index (χ2n) is 5.54. The van der Waals surface area contributed by atoms with Crippen LogP contribution in [-0.4, -0.2) is 33.3 Å². The van der Waals surface area contributed by atoms with E-state index in [0.717, 1.165) is 16.9 Å². The van der Waals surface area contributed by atoms with Gasteiger partial charge in [0.15, 0.2) is 11.5 Å². The minimum Gasteiger partial charge on any atom is -0.497 e. The van der Waals surface area contributed by atoms with Gasteiger partial charge in [-0.1, -0.05) is 18.2 Å². The molecule has 0 saturated heterocycles. The van der Waals surface area contributed by atoms with Gasteiger partial charge in [0.2, 0.25) is 5.91 Å². The van der Waals surface area contributed by atoms with E-state index in [4.69, 9.17) is 18.9 Å². The molecule has 6 nitrogen and oxygen atoms in total. The van der Waals surface area contributed by atoms with Crippen molar-refractivity contribution in [1.82, 2.24) is 5.32 Å². The Kier molecular flexibility index (Phi) is 7.76. The molecular formula is C20H25NO5. The van der Waals surface area contributed by atoms with Crippen LogP contribution >= 0.6 is 0 Å². The van der Waals surface area contributed by atoms with Crippen LogP contribution in [0, 0.1) is 0 Å². The van der Waals surface area contributed by atoms with Gasteiger partial charge in [-0.3, -0.25) is 4.79 Å². The van der Waals surface area contributed by atoms with Crippen LogP contribution in [0.3, 0.4) is 0 Å². The van der Waals surface area contributed by atoms with Crippen molar-refractivity contribution < 1.29 is 23.7 Å². The number of benzene rings is 2. The van der Waals surface area contributed by atoms with Gasteiger partial charge in [-0.15, -0.1) is 0 Å². The zero-order valence-corrected chi connectivity index (χ0v) is 15.4. The van der Waals surface area contributed by atoms with Crippen LogP contribution in [0.25, 0.3) is 0 Å². The number of methoxy groups -OCH3 is 2. The van der Waals surface area contributed by atoms with Gasteiger partial charge in [0.05, 0.1) is 27.4 Å². The number of hydrogen-bond acceptors (Lipinski definition) is 5. The van der Waals surface area contributed by atoms with Crippen molar-refractivity contribution in [3.8, 4) is 17.2 Å². The van der Waals surface area contributed by atoms with E-state index in [-0.39, 0.29) is 12.5 Å². The third-order valence-corrected chi connectivity index (χ3v) is 3.65. The van der Waals surface area contributed by atoms with E-state index in [1.165, 1.54) is 0 Å². The molecule has 0 saturated carbocycles. The highest BCUT2D eigenvalue weighted by Gasteiger charge is 2.07. The summed E-state index contributed by atoms with van der Waals surface area (Å²) >= 11 is 0. The topological polar surface area (TPSA) is 66.0 Å². The lowest BCUT2D eigenvalue weighted by atomic mass is 10.2. The van der Waals surface area contributed by atoms with Crippen molar-refractivity contribution in [2.75, 3.05) is 27.4 Å². The van der Waals surface area contributed by atoms with Gasteiger partial charge >= 0.3 is 0 Å². The Labute approximate surface area is 154 Å². The van der Waals surface area contributed by atoms with Gasteiger partial charge < -0.3 is 24.3 Å². The van der Waals surface area contributed by atoms with E-state index < -0.39 is 0 Å². The van der Waals surface area contributed by atoms with Crippen molar-refractivity contribution in [2.45, 2.75) is 20.1 Å². The molecule has 0 unspecified atom stereocenters. The van der Waals surface area contributed by atoms with Crippen LogP contribution in [0.5, 0.6) is 17.2 Å². The van der Waals surface area contributed by atoms with Gasteiger partial charge in [0, 0.05) is 6.54 Å². The van der Waals surface area contributed by atoms with Gasteiger partial charge in [-0.25, -0.2) is 0 Å². The van der Waals surface area contributed by atoms with E-state index in [0.29, 0.717) is 31.3 Å². The number of amides is 1. The van der Waals surface area contributed by atoms with Crippen LogP contribution in [-0.2, 0) is 22.7 Å². The van der Waals surface area contributed by atoms with E-state index in [1.807, 2.05) is 49.4 Å². The Bertz CT molecular complexity index is 717. The van der Waals surface area contributed by atoms with Crippen molar-refractivity contribution in [3.63, 3.8) is 0 Å². The van der Waals surface area contributed by atoms with Crippen molar-refractivity contribution >= 4 is 5.91 Å². The first-order valence-corrected chi connectivity index (χ1v) is 8.43. The highest BCUT2D eigenvalue weighted by molar-refractivity contribution is 5.77. The molecule has 1 amide bonds. The fraction of sp³-hybridized carbons (Fsp3) is 0.350. The summed E-state index contributed by atoms with van der Waals surface area (Å²) in [4.78, 5) is 11.9. The minimum absolute atomic E-state index is 0.00856. The molecule has 0 aliphatic rings. The van der Waals surface area contributed by atoms with E-state index in [1.54, 1.807) is 14.2 Å². The molecule has 0 aliphatic carbocycles. The number of nitrogens with one attached hydrogen (secondary N) is 1. The zero-order chi connectivity index (χ0) is 18.8. The number of carbonyl (C=O) groups is 1. The SMILES string of the molecule is CCOc1ccc(CNC(=O)COCc2cccc(OC)c2)cc1OC. The molecule has 140 valence electrons. The van der Waals surface area contributed by atoms with Gasteiger partial charge in [0.1, 0.15) is 12.4 Å². The average Bonchev–Trinajstić information content (AvgIpc) is 2.67. The van der Waals surface area contributed by atoms with E-state index in [9.17, 15) is 4.79 Å². The Morgan fingerprint density at radius 1 is 1.00 bits per heavy atom. The van der Waals surface area contributed by atoms with Crippen molar-refractivity contribution in [2.24, 2.45) is 0 Å². The van der Waals surface area contributed by atoms with Crippen LogP contribution in [0.4, 0.5) is 0 Å². The first kappa shape index (κ1) is 19.6. The maximum Gasteiger partial charge on any atom is 0.246 e. The molecule has 6 heteroatoms. The molecule has 0 bridgehead atoms. The molecule has 0 heterocycles. The molecule has 0 aromatic heterocycles. The summed E-state index contributed by atoms with van der Waals surface area (Å²) in [7, 11) is 3.20. The lowest BCUT2D eigenvalue weighted by Crippen LogP contribution is -2.27. The Morgan fingerprint density at radius 2 is 1.85 bits per heavy atom. The molecule has 1 N–H and O–H groups in total. The summed E-state index contributed by atoms with van der Waals surface area (Å²) < 4.78 is 21.4. The zero-order valence-electron chi connectivity index (χ0n) is 15.4. The molecule has 2 rings (SSSR count). The maximum atomic E-state index is 11.9. The summed E-state index contributed by atoms with van der Waals surface area (Å²) in [6, 6.07) is 13.1. The molecular weight excluding hydrogens is 334 g/mol. The normalized spacial score (nSPS) is 10.3. The predicted octanol–water partition coefficient (Wildman–Crippen LogP) is 2.94. The molecule has 0 radical (unpaired) electrons. The predicted molar refractivity (Wildman–Crippen MR) is 98.7 cm³/mol. The van der Waals surface area contributed by atoms with Gasteiger partial charge in [-0.2, -0.15) is 0 Å². The summed E-state index contributed by atoms with van der Waals surface area (Å²) in [6.07, 6.45) is 0. The van der Waals surface area contributed by atoms with Crippen molar-refractivity contribution in [1.29, 1.82) is 0 Å². The third-order valence-electron chi connectivity index (χ3n) is 3.65. The molecule has 26 heavy (non-hydrogen) atoms. The van der Waals surface area contributed by atoms with Crippen LogP contribution in [0.15, 0.2) is 42.5 Å². The minimum atomic E-state index is -0.180. The smallest absolute Gasteiger partial charge is 0.246 e. The monoisotopic (exact) mass is 359 g/mol. The average molecular weight is 359 g/mol. The number of carbonyl (C=O) groups excluding carboxylic acids is 1. The first-order valence-electron chi connectivity index (χ1n) is 8.43. The fourth-order valence-electron chi connectivity index (χ4n) is 2.37. The molecule has 0 fully saturated rings. The molecule has 0 spiro atoms. The second kappa shape index (κ2) is 10.3.